The molecule has 26 heavy (non-hydrogen) atoms. The van der Waals surface area contributed by atoms with E-state index in [9.17, 15) is 4.79 Å². The van der Waals surface area contributed by atoms with Gasteiger partial charge in [0, 0.05) is 28.0 Å². The van der Waals surface area contributed by atoms with E-state index in [1.54, 1.807) is 0 Å². The lowest BCUT2D eigenvalue weighted by Crippen LogP contribution is -2.27. The molecule has 0 unspecified atom stereocenters. The molecule has 5 heteroatoms. The molecule has 138 valence electrons. The van der Waals surface area contributed by atoms with Crippen LogP contribution >= 0.6 is 0 Å². The molecular weight excluding hydrogens is 328 g/mol. The fraction of sp³-hybridized carbons (Fsp3) is 0.381. The molecule has 2 aromatic carbocycles. The number of amides is 1. The van der Waals surface area contributed by atoms with Crippen molar-refractivity contribution >= 4 is 33.6 Å². The van der Waals surface area contributed by atoms with Crippen molar-refractivity contribution in [3.05, 3.63) is 36.4 Å². The number of unbranched alkanes of at least 4 members (excludes halogenated alkanes) is 1. The van der Waals surface area contributed by atoms with Gasteiger partial charge in [0.15, 0.2) is 0 Å². The largest absolute Gasteiger partial charge is 0.494 e. The number of rotatable bonds is 5. The molecule has 1 aromatic heterocycles. The van der Waals surface area contributed by atoms with Gasteiger partial charge in [-0.05, 0) is 51.5 Å². The number of H-pyrrole nitrogens is 1. The van der Waals surface area contributed by atoms with Gasteiger partial charge in [0.2, 0.25) is 0 Å². The van der Waals surface area contributed by atoms with E-state index in [4.69, 9.17) is 9.47 Å². The van der Waals surface area contributed by atoms with Gasteiger partial charge >= 0.3 is 6.09 Å². The minimum atomic E-state index is -0.524. The van der Waals surface area contributed by atoms with Gasteiger partial charge in [-0.25, -0.2) is 4.79 Å². The van der Waals surface area contributed by atoms with Crippen LogP contribution in [0.2, 0.25) is 0 Å². The van der Waals surface area contributed by atoms with Crippen molar-refractivity contribution in [3.8, 4) is 5.75 Å². The Bertz CT molecular complexity index is 922. The van der Waals surface area contributed by atoms with E-state index in [2.05, 4.69) is 23.3 Å². The summed E-state index contributed by atoms with van der Waals surface area (Å²) in [6, 6.07) is 11.9. The van der Waals surface area contributed by atoms with E-state index in [0.29, 0.717) is 5.69 Å². The number of anilines is 1. The monoisotopic (exact) mass is 354 g/mol. The minimum Gasteiger partial charge on any atom is -0.494 e. The second kappa shape index (κ2) is 7.28. The molecule has 1 heterocycles. The molecule has 3 aromatic rings. The molecule has 2 N–H and O–H groups in total. The number of aromatic nitrogens is 1. The third-order valence-corrected chi connectivity index (χ3v) is 3.98. The highest BCUT2D eigenvalue weighted by Gasteiger charge is 2.16. The van der Waals surface area contributed by atoms with Gasteiger partial charge < -0.3 is 14.5 Å². The van der Waals surface area contributed by atoms with Crippen LogP contribution < -0.4 is 10.1 Å². The Morgan fingerprint density at radius 3 is 2.46 bits per heavy atom. The van der Waals surface area contributed by atoms with Crippen LogP contribution in [0.15, 0.2) is 36.4 Å². The third kappa shape index (κ3) is 4.28. The molecule has 0 atom stereocenters. The summed E-state index contributed by atoms with van der Waals surface area (Å²) < 4.78 is 11.1. The summed E-state index contributed by atoms with van der Waals surface area (Å²) in [4.78, 5) is 15.3. The van der Waals surface area contributed by atoms with Crippen LogP contribution in [0.25, 0.3) is 21.8 Å². The Morgan fingerprint density at radius 1 is 1.08 bits per heavy atom. The number of carbonyl (C=O) groups excluding carboxylic acids is 1. The zero-order valence-electron chi connectivity index (χ0n) is 15.8. The Morgan fingerprint density at radius 2 is 1.77 bits per heavy atom. The summed E-state index contributed by atoms with van der Waals surface area (Å²) in [5.74, 6) is 0.865. The minimum absolute atomic E-state index is 0.459. The van der Waals surface area contributed by atoms with E-state index >= 15 is 0 Å². The van der Waals surface area contributed by atoms with Crippen LogP contribution in [0.5, 0.6) is 5.75 Å². The Labute approximate surface area is 153 Å². The molecular formula is C21H26N2O3. The van der Waals surface area contributed by atoms with Crippen molar-refractivity contribution in [2.75, 3.05) is 11.9 Å². The van der Waals surface area contributed by atoms with Crippen LogP contribution in [0, 0.1) is 0 Å². The third-order valence-electron chi connectivity index (χ3n) is 3.98. The van der Waals surface area contributed by atoms with Gasteiger partial charge in [0.05, 0.1) is 12.1 Å². The maximum absolute atomic E-state index is 11.9. The average Bonchev–Trinajstić information content (AvgIpc) is 2.90. The number of nitrogens with one attached hydrogen (secondary N) is 2. The molecule has 0 radical (unpaired) electrons. The van der Waals surface area contributed by atoms with Gasteiger partial charge in [0.1, 0.15) is 11.4 Å². The molecule has 0 fully saturated rings. The normalized spacial score (nSPS) is 11.7. The number of ether oxygens (including phenoxy) is 2. The topological polar surface area (TPSA) is 63.3 Å². The summed E-state index contributed by atoms with van der Waals surface area (Å²) in [6.45, 7) is 8.40. The highest BCUT2D eigenvalue weighted by Crippen LogP contribution is 2.30. The lowest BCUT2D eigenvalue weighted by molar-refractivity contribution is 0.0636. The number of hydrogen-bond acceptors (Lipinski definition) is 3. The quantitative estimate of drug-likeness (QED) is 0.565. The Balaban J connectivity index is 1.83. The molecule has 0 bridgehead atoms. The number of benzene rings is 2. The highest BCUT2D eigenvalue weighted by molar-refractivity contribution is 6.08. The lowest BCUT2D eigenvalue weighted by Gasteiger charge is -2.19. The highest BCUT2D eigenvalue weighted by atomic mass is 16.6. The van der Waals surface area contributed by atoms with E-state index in [0.717, 1.165) is 47.0 Å². The van der Waals surface area contributed by atoms with Gasteiger partial charge in [-0.15, -0.1) is 0 Å². The first-order valence-electron chi connectivity index (χ1n) is 9.04. The van der Waals surface area contributed by atoms with Crippen molar-refractivity contribution in [2.45, 2.75) is 46.1 Å². The second-order valence-electron chi connectivity index (χ2n) is 7.42. The molecule has 3 rings (SSSR count). The fourth-order valence-electron chi connectivity index (χ4n) is 2.81. The van der Waals surface area contributed by atoms with Crippen LogP contribution in [-0.4, -0.2) is 23.3 Å². The number of fused-ring (bicyclic) bond motifs is 3. The molecule has 1 amide bonds. The predicted octanol–water partition coefficient (Wildman–Crippen LogP) is 5.85. The summed E-state index contributed by atoms with van der Waals surface area (Å²) in [5.41, 5.74) is 2.14. The Hall–Kier alpha value is -2.69. The van der Waals surface area contributed by atoms with Crippen LogP contribution in [0.4, 0.5) is 10.5 Å². The smallest absolute Gasteiger partial charge is 0.412 e. The van der Waals surface area contributed by atoms with Gasteiger partial charge in [-0.1, -0.05) is 19.4 Å². The Kier molecular flexibility index (Phi) is 5.07. The molecule has 0 aliphatic rings. The van der Waals surface area contributed by atoms with Crippen molar-refractivity contribution in [1.29, 1.82) is 0 Å². The summed E-state index contributed by atoms with van der Waals surface area (Å²) >= 11 is 0. The maximum Gasteiger partial charge on any atom is 0.412 e. The van der Waals surface area contributed by atoms with Crippen LogP contribution in [-0.2, 0) is 4.74 Å². The van der Waals surface area contributed by atoms with Gasteiger partial charge in [0.25, 0.3) is 0 Å². The standard InChI is InChI=1S/C21H26N2O3/c1-5-6-11-25-15-8-10-17-16-9-7-14(12-18(16)23-19(17)13-15)22-20(24)26-21(2,3)4/h7-10,12-13,23H,5-6,11H2,1-4H3,(H,22,24). The molecule has 0 saturated carbocycles. The van der Waals surface area contributed by atoms with Crippen molar-refractivity contribution in [1.82, 2.24) is 4.98 Å². The predicted molar refractivity (Wildman–Crippen MR) is 106 cm³/mol. The zero-order valence-corrected chi connectivity index (χ0v) is 15.8. The SMILES string of the molecule is CCCCOc1ccc2c(c1)[nH]c1cc(NC(=O)OC(C)(C)C)ccc12. The average molecular weight is 354 g/mol. The molecule has 0 aliphatic heterocycles. The summed E-state index contributed by atoms with van der Waals surface area (Å²) in [5, 5.41) is 5.01. The van der Waals surface area contributed by atoms with E-state index in [-0.39, 0.29) is 0 Å². The fourth-order valence-corrected chi connectivity index (χ4v) is 2.81. The van der Waals surface area contributed by atoms with E-state index in [1.807, 2.05) is 51.1 Å². The summed E-state index contributed by atoms with van der Waals surface area (Å²) in [6.07, 6.45) is 1.70. The van der Waals surface area contributed by atoms with Crippen molar-refractivity contribution in [2.24, 2.45) is 0 Å². The number of aromatic amines is 1. The van der Waals surface area contributed by atoms with E-state index < -0.39 is 11.7 Å². The van der Waals surface area contributed by atoms with Gasteiger partial charge in [-0.3, -0.25) is 5.32 Å². The number of carbonyl (C=O) groups is 1. The lowest BCUT2D eigenvalue weighted by atomic mass is 10.1. The first-order chi connectivity index (χ1) is 12.4. The van der Waals surface area contributed by atoms with Crippen LogP contribution in [0.1, 0.15) is 40.5 Å². The first-order valence-corrected chi connectivity index (χ1v) is 9.04. The second-order valence-corrected chi connectivity index (χ2v) is 7.42. The summed E-state index contributed by atoms with van der Waals surface area (Å²) in [7, 11) is 0. The van der Waals surface area contributed by atoms with Crippen molar-refractivity contribution < 1.29 is 14.3 Å². The molecule has 5 nitrogen and oxygen atoms in total. The first kappa shape index (κ1) is 18.1. The number of hydrogen-bond donors (Lipinski definition) is 2. The molecule has 0 saturated heterocycles. The zero-order chi connectivity index (χ0) is 18.7. The van der Waals surface area contributed by atoms with E-state index in [1.165, 1.54) is 0 Å². The molecule has 0 aliphatic carbocycles. The molecule has 0 spiro atoms. The van der Waals surface area contributed by atoms with Gasteiger partial charge in [-0.2, -0.15) is 0 Å². The van der Waals surface area contributed by atoms with Crippen molar-refractivity contribution in [3.63, 3.8) is 0 Å². The maximum atomic E-state index is 11.9. The van der Waals surface area contributed by atoms with Crippen LogP contribution in [0.3, 0.4) is 0 Å².